The van der Waals surface area contributed by atoms with E-state index in [-0.39, 0.29) is 24.2 Å². The van der Waals surface area contributed by atoms with Gasteiger partial charge in [-0.25, -0.2) is 23.5 Å². The van der Waals surface area contributed by atoms with Gasteiger partial charge in [0.25, 0.3) is 12.0 Å². The number of halogens is 3. The molecule has 4 heterocycles. The Balaban J connectivity index is 1.09. The number of hydrogen-bond acceptors (Lipinski definition) is 9. The molecule has 6 rings (SSSR count). The van der Waals surface area contributed by atoms with E-state index < -0.39 is 24.7 Å². The van der Waals surface area contributed by atoms with Crippen LogP contribution in [-0.4, -0.2) is 72.1 Å². The minimum Gasteiger partial charge on any atom is -0.444 e. The number of amides is 1. The molecule has 0 bridgehead atoms. The van der Waals surface area contributed by atoms with E-state index in [9.17, 15) is 23.5 Å². The molecule has 15 heteroatoms. The van der Waals surface area contributed by atoms with E-state index in [1.54, 1.807) is 42.2 Å². The topological polar surface area (TPSA) is 141 Å². The summed E-state index contributed by atoms with van der Waals surface area (Å²) in [4.78, 5) is 35.8. The second-order valence-corrected chi connectivity index (χ2v) is 12.0. The van der Waals surface area contributed by atoms with E-state index >= 15 is 0 Å². The van der Waals surface area contributed by atoms with E-state index in [2.05, 4.69) is 30.0 Å². The molecule has 0 spiro atoms. The number of carbonyl (C=O) groups excluding carboxylic acids is 1. The number of piperidine rings is 1. The monoisotopic (exact) mass is 667 g/mol. The molecule has 0 saturated carbocycles. The first-order chi connectivity index (χ1) is 22.6. The summed E-state index contributed by atoms with van der Waals surface area (Å²) in [7, 11) is 1.71. The van der Waals surface area contributed by atoms with Crippen molar-refractivity contribution in [2.45, 2.75) is 44.5 Å². The van der Waals surface area contributed by atoms with Crippen LogP contribution in [0.4, 0.5) is 13.6 Å². The van der Waals surface area contributed by atoms with E-state index in [4.69, 9.17) is 16.0 Å². The average molecular weight is 668 g/mol. The Hall–Kier alpha value is -4.66. The number of alkyl halides is 2. The van der Waals surface area contributed by atoms with E-state index in [0.717, 1.165) is 16.7 Å². The quantitative estimate of drug-likeness (QED) is 0.218. The number of nitrogens with one attached hydrogen (secondary N) is 1. The highest BCUT2D eigenvalue weighted by Gasteiger charge is 2.33. The summed E-state index contributed by atoms with van der Waals surface area (Å²) in [5.41, 5.74) is 3.05. The van der Waals surface area contributed by atoms with Crippen molar-refractivity contribution in [2.24, 2.45) is 7.05 Å². The van der Waals surface area contributed by atoms with Crippen molar-refractivity contribution in [3.63, 3.8) is 0 Å². The van der Waals surface area contributed by atoms with Crippen molar-refractivity contribution < 1.29 is 27.8 Å². The van der Waals surface area contributed by atoms with Gasteiger partial charge in [-0.15, -0.1) is 0 Å². The number of oxazole rings is 1. The number of likely N-dealkylation sites (tertiary alicyclic amines) is 1. The third kappa shape index (κ3) is 7.34. The standard InChI is InChI=1S/C32H32ClF2N7O5/c1-40-29(21-4-2-20(3-5-21)13-37-31(44)46-16-26(34)35)27-28(39-40)30(43)42(18-38-27)17-32(45)8-10-41(11-9-32)15-23-7-6-22(12-24(23)33)25-14-36-19-47-25/h2-7,12,14,18-19,26,45H,8-11,13,15-17H2,1H3,(H,37,44). The lowest BCUT2D eigenvalue weighted by Gasteiger charge is -2.38. The predicted octanol–water partition coefficient (Wildman–Crippen LogP) is 4.62. The third-order valence-electron chi connectivity index (χ3n) is 8.23. The lowest BCUT2D eigenvalue weighted by Crippen LogP contribution is -2.47. The van der Waals surface area contributed by atoms with Gasteiger partial charge in [0.15, 0.2) is 24.3 Å². The number of ether oxygens (including phenoxy) is 1. The number of aryl methyl sites for hydroxylation is 1. The largest absolute Gasteiger partial charge is 0.444 e. The average Bonchev–Trinajstić information content (AvgIpc) is 3.71. The summed E-state index contributed by atoms with van der Waals surface area (Å²) in [6.07, 6.45) is 1.71. The maximum Gasteiger partial charge on any atom is 0.407 e. The number of benzene rings is 2. The number of aliphatic hydroxyl groups is 1. The molecule has 12 nitrogen and oxygen atoms in total. The first kappa shape index (κ1) is 32.3. The minimum atomic E-state index is -2.73. The van der Waals surface area contributed by atoms with Crippen LogP contribution in [0.3, 0.4) is 0 Å². The van der Waals surface area contributed by atoms with E-state index in [1.165, 1.54) is 17.3 Å². The molecule has 1 saturated heterocycles. The maximum atomic E-state index is 13.5. The van der Waals surface area contributed by atoms with Crippen LogP contribution in [0.5, 0.6) is 0 Å². The van der Waals surface area contributed by atoms with Gasteiger partial charge in [-0.1, -0.05) is 48.0 Å². The molecule has 1 fully saturated rings. The van der Waals surface area contributed by atoms with Crippen molar-refractivity contribution in [1.29, 1.82) is 0 Å². The summed E-state index contributed by atoms with van der Waals surface area (Å²) in [6.45, 7) is 1.07. The number of fused-ring (bicyclic) bond motifs is 1. The molecule has 0 unspecified atom stereocenters. The van der Waals surface area contributed by atoms with Gasteiger partial charge in [-0.2, -0.15) is 5.10 Å². The fourth-order valence-corrected chi connectivity index (χ4v) is 5.95. The fraction of sp³-hybridized carbons (Fsp3) is 0.344. The Morgan fingerprint density at radius 1 is 1.15 bits per heavy atom. The van der Waals surface area contributed by atoms with Gasteiger partial charge in [0.05, 0.1) is 30.4 Å². The summed E-state index contributed by atoms with van der Waals surface area (Å²) in [5, 5.41) is 18.9. The third-order valence-corrected chi connectivity index (χ3v) is 8.58. The number of alkyl carbamates (subject to hydrolysis) is 1. The first-order valence-electron chi connectivity index (χ1n) is 14.9. The Bertz CT molecular complexity index is 1920. The molecular weight excluding hydrogens is 636 g/mol. The number of nitrogens with zero attached hydrogens (tertiary/aromatic N) is 6. The van der Waals surface area contributed by atoms with Crippen LogP contribution in [0.1, 0.15) is 24.0 Å². The molecule has 3 aromatic heterocycles. The Morgan fingerprint density at radius 3 is 2.57 bits per heavy atom. The maximum absolute atomic E-state index is 13.5. The van der Waals surface area contributed by atoms with Gasteiger partial charge in [0.2, 0.25) is 0 Å². The minimum absolute atomic E-state index is 0.0859. The van der Waals surface area contributed by atoms with Gasteiger partial charge in [-0.3, -0.25) is 18.9 Å². The molecular formula is C32H32ClF2N7O5. The molecule has 2 aromatic carbocycles. The molecule has 2 N–H and O–H groups in total. The second-order valence-electron chi connectivity index (χ2n) is 11.6. The lowest BCUT2D eigenvalue weighted by atomic mass is 9.91. The second kappa shape index (κ2) is 13.6. The van der Waals surface area contributed by atoms with Crippen LogP contribution in [0.25, 0.3) is 33.6 Å². The zero-order chi connectivity index (χ0) is 33.1. The molecule has 47 heavy (non-hydrogen) atoms. The lowest BCUT2D eigenvalue weighted by molar-refractivity contribution is -0.0364. The highest BCUT2D eigenvalue weighted by atomic mass is 35.5. The summed E-state index contributed by atoms with van der Waals surface area (Å²) in [6, 6.07) is 12.9. The zero-order valence-corrected chi connectivity index (χ0v) is 26.2. The van der Waals surface area contributed by atoms with Crippen LogP contribution < -0.4 is 10.9 Å². The van der Waals surface area contributed by atoms with Gasteiger partial charge in [0.1, 0.15) is 5.52 Å². The summed E-state index contributed by atoms with van der Waals surface area (Å²) < 4.78 is 37.2. The number of aromatic nitrogens is 5. The Kier molecular flexibility index (Phi) is 9.34. The molecule has 0 aliphatic carbocycles. The van der Waals surface area contributed by atoms with Crippen molar-refractivity contribution in [2.75, 3.05) is 19.7 Å². The van der Waals surface area contributed by atoms with Crippen molar-refractivity contribution in [3.05, 3.63) is 87.9 Å². The molecule has 246 valence electrons. The van der Waals surface area contributed by atoms with E-state index in [1.807, 2.05) is 18.2 Å². The number of hydrogen-bond donors (Lipinski definition) is 2. The zero-order valence-electron chi connectivity index (χ0n) is 25.4. The van der Waals surface area contributed by atoms with Gasteiger partial charge in [-0.05, 0) is 30.0 Å². The van der Waals surface area contributed by atoms with Crippen LogP contribution in [0, 0.1) is 0 Å². The smallest absolute Gasteiger partial charge is 0.407 e. The molecule has 0 radical (unpaired) electrons. The molecule has 1 amide bonds. The molecule has 1 aliphatic rings. The number of carbonyl (C=O) groups is 1. The first-order valence-corrected chi connectivity index (χ1v) is 15.3. The van der Waals surface area contributed by atoms with Crippen molar-refractivity contribution >= 4 is 28.7 Å². The van der Waals surface area contributed by atoms with Crippen LogP contribution in [0.2, 0.25) is 5.02 Å². The molecule has 0 atom stereocenters. The number of rotatable bonds is 10. The SMILES string of the molecule is Cn1nc2c(=O)n(CC3(O)CCN(Cc4ccc(-c5cnco5)cc4Cl)CC3)cnc2c1-c1ccc(CNC(=O)OCC(F)F)cc1. The predicted molar refractivity (Wildman–Crippen MR) is 169 cm³/mol. The van der Waals surface area contributed by atoms with Crippen molar-refractivity contribution in [1.82, 2.24) is 34.5 Å². The van der Waals surface area contributed by atoms with Crippen molar-refractivity contribution in [3.8, 4) is 22.6 Å². The van der Waals surface area contributed by atoms with Crippen LogP contribution in [-0.2, 0) is 31.4 Å². The molecule has 1 aliphatic heterocycles. The normalized spacial score (nSPS) is 14.9. The summed E-state index contributed by atoms with van der Waals surface area (Å²) >= 11 is 6.57. The van der Waals surface area contributed by atoms with E-state index in [0.29, 0.717) is 60.0 Å². The summed E-state index contributed by atoms with van der Waals surface area (Å²) in [5.74, 6) is 0.643. The highest BCUT2D eigenvalue weighted by molar-refractivity contribution is 6.31. The van der Waals surface area contributed by atoms with Crippen LogP contribution >= 0.6 is 11.6 Å². The van der Waals surface area contributed by atoms with Gasteiger partial charge >= 0.3 is 6.09 Å². The Morgan fingerprint density at radius 2 is 1.89 bits per heavy atom. The Labute approximate surface area is 272 Å². The van der Waals surface area contributed by atoms with Crippen LogP contribution in [0.15, 0.2) is 70.6 Å². The van der Waals surface area contributed by atoms with Gasteiger partial charge < -0.3 is 19.6 Å². The van der Waals surface area contributed by atoms with Gasteiger partial charge in [0, 0.05) is 49.4 Å². The fourth-order valence-electron chi connectivity index (χ4n) is 5.71. The highest BCUT2D eigenvalue weighted by Crippen LogP contribution is 2.30. The molecule has 5 aromatic rings.